The number of hydrogen-bond acceptors (Lipinski definition) is 3. The number of rotatable bonds is 5. The molecule has 1 N–H and O–H groups in total. The molecule has 0 aromatic carbocycles. The number of piperidine rings is 1. The summed E-state index contributed by atoms with van der Waals surface area (Å²) in [5.41, 5.74) is 0. The van der Waals surface area contributed by atoms with Gasteiger partial charge in [0.2, 0.25) is 5.91 Å². The number of carbonyl (C=O) groups is 1. The van der Waals surface area contributed by atoms with Crippen LogP contribution < -0.4 is 5.32 Å². The van der Waals surface area contributed by atoms with E-state index in [0.717, 1.165) is 0 Å². The second kappa shape index (κ2) is 6.94. The van der Waals surface area contributed by atoms with E-state index in [2.05, 4.69) is 5.32 Å². The van der Waals surface area contributed by atoms with E-state index in [1.54, 1.807) is 7.11 Å². The van der Waals surface area contributed by atoms with Crippen LogP contribution in [0.25, 0.3) is 0 Å². The predicted octanol–water partition coefficient (Wildman–Crippen LogP) is 1.02. The third kappa shape index (κ3) is 4.81. The zero-order chi connectivity index (χ0) is 13.6. The summed E-state index contributed by atoms with van der Waals surface area (Å²) >= 11 is 0. The van der Waals surface area contributed by atoms with Gasteiger partial charge in [0.25, 0.3) is 0 Å². The number of likely N-dealkylation sites (tertiary alicyclic amines) is 1. The first-order valence-electron chi connectivity index (χ1n) is 5.99. The predicted molar refractivity (Wildman–Crippen MR) is 60.1 cm³/mol. The molecule has 1 amide bonds. The molecule has 1 aliphatic rings. The van der Waals surface area contributed by atoms with E-state index >= 15 is 0 Å². The average Bonchev–Trinajstić information content (AvgIpc) is 2.33. The summed E-state index contributed by atoms with van der Waals surface area (Å²) in [6, 6.07) is 0. The van der Waals surface area contributed by atoms with Crippen molar-refractivity contribution < 1.29 is 22.7 Å². The fraction of sp³-hybridized carbons (Fsp3) is 0.909. The summed E-state index contributed by atoms with van der Waals surface area (Å²) in [6.45, 7) is 1.25. The van der Waals surface area contributed by atoms with Crippen LogP contribution in [0.2, 0.25) is 0 Å². The van der Waals surface area contributed by atoms with E-state index < -0.39 is 12.1 Å². The minimum atomic E-state index is -4.21. The van der Waals surface area contributed by atoms with Crippen molar-refractivity contribution >= 4 is 5.91 Å². The van der Waals surface area contributed by atoms with Gasteiger partial charge in [-0.15, -0.1) is 0 Å². The molecule has 0 bridgehead atoms. The van der Waals surface area contributed by atoms with Crippen molar-refractivity contribution in [1.82, 2.24) is 10.2 Å². The zero-order valence-electron chi connectivity index (χ0n) is 10.4. The number of alkyl halides is 3. The molecule has 0 aromatic heterocycles. The van der Waals surface area contributed by atoms with Gasteiger partial charge < -0.3 is 15.0 Å². The second-order valence-electron chi connectivity index (χ2n) is 4.39. The number of ether oxygens (including phenoxy) is 1. The van der Waals surface area contributed by atoms with Crippen LogP contribution in [0.4, 0.5) is 13.2 Å². The molecular weight excluding hydrogens is 249 g/mol. The Morgan fingerprint density at radius 3 is 2.83 bits per heavy atom. The topological polar surface area (TPSA) is 41.6 Å². The SMILES string of the molecule is COCCNCC(=O)N1CCCC(C(F)(F)F)C1. The average molecular weight is 268 g/mol. The van der Waals surface area contributed by atoms with E-state index in [0.29, 0.717) is 26.1 Å². The molecule has 1 atom stereocenters. The standard InChI is InChI=1S/C11H19F3N2O2/c1-18-6-4-15-7-10(17)16-5-2-3-9(8-16)11(12,13)14/h9,15H,2-8H2,1H3. The number of nitrogens with one attached hydrogen (secondary N) is 1. The molecule has 4 nitrogen and oxygen atoms in total. The van der Waals surface area contributed by atoms with Crippen LogP contribution in [0.3, 0.4) is 0 Å². The van der Waals surface area contributed by atoms with Crippen molar-refractivity contribution in [2.24, 2.45) is 5.92 Å². The van der Waals surface area contributed by atoms with Crippen molar-refractivity contribution in [3.05, 3.63) is 0 Å². The van der Waals surface area contributed by atoms with Crippen molar-refractivity contribution in [3.8, 4) is 0 Å². The molecule has 0 aromatic rings. The second-order valence-corrected chi connectivity index (χ2v) is 4.39. The molecule has 1 rings (SSSR count). The van der Waals surface area contributed by atoms with Gasteiger partial charge >= 0.3 is 6.18 Å². The quantitative estimate of drug-likeness (QED) is 0.757. The molecule has 18 heavy (non-hydrogen) atoms. The van der Waals surface area contributed by atoms with Gasteiger partial charge in [0.05, 0.1) is 19.1 Å². The highest BCUT2D eigenvalue weighted by Gasteiger charge is 2.42. The summed E-state index contributed by atoms with van der Waals surface area (Å²) < 4.78 is 42.5. The van der Waals surface area contributed by atoms with Crippen LogP contribution in [0.1, 0.15) is 12.8 Å². The molecule has 1 unspecified atom stereocenters. The summed E-state index contributed by atoms with van der Waals surface area (Å²) in [4.78, 5) is 13.0. The summed E-state index contributed by atoms with van der Waals surface area (Å²) in [5, 5.41) is 2.84. The fourth-order valence-electron chi connectivity index (χ4n) is 1.95. The van der Waals surface area contributed by atoms with E-state index in [1.807, 2.05) is 0 Å². The zero-order valence-corrected chi connectivity index (χ0v) is 10.4. The van der Waals surface area contributed by atoms with Gasteiger partial charge in [-0.25, -0.2) is 0 Å². The molecule has 7 heteroatoms. The van der Waals surface area contributed by atoms with Crippen LogP contribution in [0.15, 0.2) is 0 Å². The highest BCUT2D eigenvalue weighted by Crippen LogP contribution is 2.32. The monoisotopic (exact) mass is 268 g/mol. The van der Waals surface area contributed by atoms with Gasteiger partial charge in [-0.05, 0) is 12.8 Å². The lowest BCUT2D eigenvalue weighted by Gasteiger charge is -2.33. The molecule has 1 heterocycles. The van der Waals surface area contributed by atoms with Gasteiger partial charge in [-0.2, -0.15) is 13.2 Å². The number of amides is 1. The van der Waals surface area contributed by atoms with E-state index in [1.165, 1.54) is 4.90 Å². The lowest BCUT2D eigenvalue weighted by Crippen LogP contribution is -2.47. The molecule has 106 valence electrons. The minimum Gasteiger partial charge on any atom is -0.383 e. The minimum absolute atomic E-state index is 0.0634. The van der Waals surface area contributed by atoms with Crippen molar-refractivity contribution in [2.75, 3.05) is 39.9 Å². The first-order chi connectivity index (χ1) is 8.45. The molecule has 1 fully saturated rings. The Morgan fingerprint density at radius 1 is 1.50 bits per heavy atom. The number of nitrogens with zero attached hydrogens (tertiary/aromatic N) is 1. The Balaban J connectivity index is 2.34. The molecule has 1 saturated heterocycles. The molecule has 1 aliphatic heterocycles. The maximum Gasteiger partial charge on any atom is 0.393 e. The molecule has 0 aliphatic carbocycles. The lowest BCUT2D eigenvalue weighted by atomic mass is 9.97. The third-order valence-electron chi connectivity index (χ3n) is 3.00. The van der Waals surface area contributed by atoms with Crippen LogP contribution >= 0.6 is 0 Å². The highest BCUT2D eigenvalue weighted by atomic mass is 19.4. The third-order valence-corrected chi connectivity index (χ3v) is 3.00. The van der Waals surface area contributed by atoms with Crippen LogP contribution in [-0.2, 0) is 9.53 Å². The number of halogens is 3. The Hall–Kier alpha value is -0.820. The fourth-order valence-corrected chi connectivity index (χ4v) is 1.95. The van der Waals surface area contributed by atoms with Crippen LogP contribution in [0, 0.1) is 5.92 Å². The van der Waals surface area contributed by atoms with Gasteiger partial charge in [-0.3, -0.25) is 4.79 Å². The van der Waals surface area contributed by atoms with Gasteiger partial charge in [-0.1, -0.05) is 0 Å². The number of methoxy groups -OCH3 is 1. The largest absolute Gasteiger partial charge is 0.393 e. The van der Waals surface area contributed by atoms with Gasteiger partial charge in [0.15, 0.2) is 0 Å². The van der Waals surface area contributed by atoms with Crippen LogP contribution in [0.5, 0.6) is 0 Å². The Morgan fingerprint density at radius 2 is 2.22 bits per heavy atom. The Kier molecular flexibility index (Phi) is 5.87. The van der Waals surface area contributed by atoms with E-state index in [4.69, 9.17) is 4.74 Å². The molecular formula is C11H19F3N2O2. The first-order valence-corrected chi connectivity index (χ1v) is 5.99. The molecule has 0 spiro atoms. The molecule has 0 radical (unpaired) electrons. The summed E-state index contributed by atoms with van der Waals surface area (Å²) in [5.74, 6) is -1.66. The highest BCUT2D eigenvalue weighted by molar-refractivity contribution is 5.78. The van der Waals surface area contributed by atoms with Gasteiger partial charge in [0.1, 0.15) is 0 Å². The number of hydrogen-bond donors (Lipinski definition) is 1. The van der Waals surface area contributed by atoms with Crippen molar-refractivity contribution in [1.29, 1.82) is 0 Å². The lowest BCUT2D eigenvalue weighted by molar-refractivity contribution is -0.187. The summed E-state index contributed by atoms with van der Waals surface area (Å²) in [7, 11) is 1.54. The summed E-state index contributed by atoms with van der Waals surface area (Å²) in [6.07, 6.45) is -3.68. The first kappa shape index (κ1) is 15.2. The van der Waals surface area contributed by atoms with Crippen LogP contribution in [-0.4, -0.2) is 56.9 Å². The Labute approximate surface area is 104 Å². The van der Waals surface area contributed by atoms with E-state index in [9.17, 15) is 18.0 Å². The normalized spacial score (nSPS) is 21.1. The smallest absolute Gasteiger partial charge is 0.383 e. The maximum atomic E-state index is 12.6. The van der Waals surface area contributed by atoms with Crippen molar-refractivity contribution in [2.45, 2.75) is 19.0 Å². The van der Waals surface area contributed by atoms with Crippen molar-refractivity contribution in [3.63, 3.8) is 0 Å². The number of carbonyl (C=O) groups excluding carboxylic acids is 1. The van der Waals surface area contributed by atoms with E-state index in [-0.39, 0.29) is 25.4 Å². The molecule has 0 saturated carbocycles. The van der Waals surface area contributed by atoms with Gasteiger partial charge in [0, 0.05) is 26.7 Å². The Bertz CT molecular complexity index is 272. The maximum absolute atomic E-state index is 12.6.